The van der Waals surface area contributed by atoms with Crippen LogP contribution in [0.2, 0.25) is 0 Å². The van der Waals surface area contributed by atoms with Gasteiger partial charge in [-0.2, -0.15) is 4.98 Å². The number of aryl methyl sites for hydroxylation is 1. The van der Waals surface area contributed by atoms with Gasteiger partial charge in [0.15, 0.2) is 0 Å². The smallest absolute Gasteiger partial charge is 0.332 e. The minimum absolute atomic E-state index is 0.0509. The molecule has 0 aliphatic heterocycles. The molecule has 1 aromatic rings. The summed E-state index contributed by atoms with van der Waals surface area (Å²) in [5.41, 5.74) is 7.18. The molecule has 0 unspecified atom stereocenters. The van der Waals surface area contributed by atoms with Crippen LogP contribution < -0.4 is 22.3 Å². The van der Waals surface area contributed by atoms with E-state index in [-0.39, 0.29) is 29.6 Å². The van der Waals surface area contributed by atoms with Gasteiger partial charge in [0.25, 0.3) is 0 Å². The summed E-state index contributed by atoms with van der Waals surface area (Å²) < 4.78 is 0. The van der Waals surface area contributed by atoms with Crippen LogP contribution in [0.4, 0.5) is 17.5 Å². The Morgan fingerprint density at radius 2 is 2.16 bits per heavy atom. The Labute approximate surface area is 108 Å². The zero-order valence-electron chi connectivity index (χ0n) is 10.3. The van der Waals surface area contributed by atoms with Crippen LogP contribution in [-0.2, 0) is 4.79 Å². The van der Waals surface area contributed by atoms with Crippen molar-refractivity contribution in [3.05, 3.63) is 15.8 Å². The van der Waals surface area contributed by atoms with Crippen molar-refractivity contribution in [2.24, 2.45) is 11.6 Å². The van der Waals surface area contributed by atoms with Crippen LogP contribution >= 0.6 is 0 Å². The van der Waals surface area contributed by atoms with E-state index in [2.05, 4.69) is 20.7 Å². The van der Waals surface area contributed by atoms with Crippen LogP contribution in [0, 0.1) is 17.0 Å². The molecule has 10 nitrogen and oxygen atoms in total. The van der Waals surface area contributed by atoms with Gasteiger partial charge in [-0.3, -0.25) is 20.3 Å². The Kier molecular flexibility index (Phi) is 4.94. The lowest BCUT2D eigenvalue weighted by atomic mass is 10.3. The van der Waals surface area contributed by atoms with Gasteiger partial charge in [0, 0.05) is 13.0 Å². The van der Waals surface area contributed by atoms with Crippen LogP contribution in [0.3, 0.4) is 0 Å². The zero-order chi connectivity index (χ0) is 14.4. The summed E-state index contributed by atoms with van der Waals surface area (Å²) in [5.74, 6) is 4.86. The number of carbonyl (C=O) groups is 1. The first-order valence-corrected chi connectivity index (χ1v) is 5.47. The molecule has 1 heterocycles. The average Bonchev–Trinajstić information content (AvgIpc) is 2.33. The Bertz CT molecular complexity index is 491. The topological polar surface area (TPSA) is 162 Å². The second-order valence-electron chi connectivity index (χ2n) is 3.73. The Balaban J connectivity index is 2.87. The fraction of sp³-hybridized carbons (Fsp3) is 0.444. The molecule has 1 rings (SSSR count). The predicted molar refractivity (Wildman–Crippen MR) is 68.2 cm³/mol. The number of nitro groups is 1. The third-order valence-corrected chi connectivity index (χ3v) is 2.26. The highest BCUT2D eigenvalue weighted by molar-refractivity contribution is 5.73. The second kappa shape index (κ2) is 6.44. The van der Waals surface area contributed by atoms with E-state index >= 15 is 0 Å². The minimum Gasteiger partial charge on any atom is -0.370 e. The molecule has 0 aromatic carbocycles. The quantitative estimate of drug-likeness (QED) is 0.226. The van der Waals surface area contributed by atoms with Crippen LogP contribution in [0.1, 0.15) is 18.5 Å². The molecule has 0 saturated heterocycles. The van der Waals surface area contributed by atoms with Gasteiger partial charge in [-0.1, -0.05) is 0 Å². The molecule has 19 heavy (non-hydrogen) atoms. The first-order valence-electron chi connectivity index (χ1n) is 5.47. The van der Waals surface area contributed by atoms with Crippen LogP contribution in [-0.4, -0.2) is 27.3 Å². The van der Waals surface area contributed by atoms with E-state index in [1.807, 2.05) is 0 Å². The molecule has 6 N–H and O–H groups in total. The molecule has 0 aliphatic carbocycles. The summed E-state index contributed by atoms with van der Waals surface area (Å²) in [4.78, 5) is 28.6. The Hall–Kier alpha value is -2.49. The fourth-order valence-electron chi connectivity index (χ4n) is 1.44. The fourth-order valence-corrected chi connectivity index (χ4v) is 1.44. The largest absolute Gasteiger partial charge is 0.370 e. The lowest BCUT2D eigenvalue weighted by molar-refractivity contribution is -0.385. The molecule has 0 spiro atoms. The molecule has 0 fully saturated rings. The highest BCUT2D eigenvalue weighted by Gasteiger charge is 2.21. The van der Waals surface area contributed by atoms with Gasteiger partial charge in [0.05, 0.1) is 4.92 Å². The molecular weight excluding hydrogens is 254 g/mol. The minimum atomic E-state index is -0.577. The molecule has 10 heteroatoms. The van der Waals surface area contributed by atoms with E-state index in [0.717, 1.165) is 0 Å². The Morgan fingerprint density at radius 3 is 2.68 bits per heavy atom. The summed E-state index contributed by atoms with van der Waals surface area (Å²) in [5, 5.41) is 13.7. The second-order valence-corrected chi connectivity index (χ2v) is 3.73. The van der Waals surface area contributed by atoms with E-state index in [1.54, 1.807) is 0 Å². The van der Waals surface area contributed by atoms with Gasteiger partial charge in [-0.25, -0.2) is 10.8 Å². The molecule has 0 bridgehead atoms. The van der Waals surface area contributed by atoms with Gasteiger partial charge in [-0.05, 0) is 13.3 Å². The van der Waals surface area contributed by atoms with Crippen molar-refractivity contribution in [3.63, 3.8) is 0 Å². The van der Waals surface area contributed by atoms with Crippen molar-refractivity contribution in [2.45, 2.75) is 19.8 Å². The van der Waals surface area contributed by atoms with Crippen molar-refractivity contribution >= 4 is 23.4 Å². The van der Waals surface area contributed by atoms with Gasteiger partial charge >= 0.3 is 5.69 Å². The van der Waals surface area contributed by atoms with Crippen molar-refractivity contribution in [1.82, 2.24) is 9.97 Å². The normalized spacial score (nSPS) is 10.0. The number of nitrogens with zero attached hydrogens (tertiary/aromatic N) is 3. The number of nitrogens with two attached hydrogens (primary N) is 2. The number of aromatic nitrogens is 2. The van der Waals surface area contributed by atoms with Gasteiger partial charge in [0.2, 0.25) is 17.7 Å². The lowest BCUT2D eigenvalue weighted by Crippen LogP contribution is -2.16. The first kappa shape index (κ1) is 14.6. The number of hydrogen-bond acceptors (Lipinski definition) is 8. The number of nitrogens with one attached hydrogen (secondary N) is 2. The zero-order valence-corrected chi connectivity index (χ0v) is 10.3. The highest BCUT2D eigenvalue weighted by atomic mass is 16.6. The van der Waals surface area contributed by atoms with Crippen LogP contribution in [0.15, 0.2) is 0 Å². The van der Waals surface area contributed by atoms with E-state index < -0.39 is 10.8 Å². The van der Waals surface area contributed by atoms with Gasteiger partial charge in [0.1, 0.15) is 5.69 Å². The van der Waals surface area contributed by atoms with Gasteiger partial charge < -0.3 is 11.1 Å². The molecule has 1 amide bonds. The molecule has 0 radical (unpaired) electrons. The standard InChI is InChI=1S/C9H15N7O3/c1-5-7(16(18)19)8(14-9(13-5)15-11)12-4-2-3-6(10)17/h2-4,11H2,1H3,(H2,10,17)(H2,12,13,14,15). The van der Waals surface area contributed by atoms with E-state index in [4.69, 9.17) is 11.6 Å². The Morgan fingerprint density at radius 1 is 1.47 bits per heavy atom. The maximum Gasteiger partial charge on any atom is 0.332 e. The number of hydrogen-bond donors (Lipinski definition) is 4. The number of amides is 1. The molecular formula is C9H15N7O3. The van der Waals surface area contributed by atoms with E-state index in [9.17, 15) is 14.9 Å². The molecule has 1 aromatic heterocycles. The molecule has 0 atom stereocenters. The van der Waals surface area contributed by atoms with Crippen LogP contribution in [0.5, 0.6) is 0 Å². The summed E-state index contributed by atoms with van der Waals surface area (Å²) in [6.45, 7) is 1.81. The average molecular weight is 269 g/mol. The lowest BCUT2D eigenvalue weighted by Gasteiger charge is -2.08. The molecule has 104 valence electrons. The number of primary amides is 1. The van der Waals surface area contributed by atoms with E-state index in [0.29, 0.717) is 13.0 Å². The van der Waals surface area contributed by atoms with Crippen molar-refractivity contribution in [3.8, 4) is 0 Å². The van der Waals surface area contributed by atoms with Crippen molar-refractivity contribution < 1.29 is 9.72 Å². The third kappa shape index (κ3) is 4.03. The summed E-state index contributed by atoms with van der Waals surface area (Å²) in [6, 6.07) is 0. The SMILES string of the molecule is Cc1nc(NN)nc(NCCCC(N)=O)c1[N+](=O)[O-]. The summed E-state index contributed by atoms with van der Waals surface area (Å²) >= 11 is 0. The summed E-state index contributed by atoms with van der Waals surface area (Å²) in [6.07, 6.45) is 0.633. The van der Waals surface area contributed by atoms with Gasteiger partial charge in [-0.15, -0.1) is 0 Å². The maximum absolute atomic E-state index is 10.9. The van der Waals surface area contributed by atoms with E-state index in [1.165, 1.54) is 6.92 Å². The van der Waals surface area contributed by atoms with Crippen molar-refractivity contribution in [1.29, 1.82) is 0 Å². The molecule has 0 saturated carbocycles. The maximum atomic E-state index is 10.9. The number of carbonyl (C=O) groups excluding carboxylic acids is 1. The first-order chi connectivity index (χ1) is 8.95. The van der Waals surface area contributed by atoms with Crippen LogP contribution in [0.25, 0.3) is 0 Å². The predicted octanol–water partition coefficient (Wildman–Crippen LogP) is -0.344. The number of anilines is 2. The third-order valence-electron chi connectivity index (χ3n) is 2.26. The number of hydrazine groups is 1. The number of nitrogen functional groups attached to an aromatic ring is 1. The summed E-state index contributed by atoms with van der Waals surface area (Å²) in [7, 11) is 0. The highest BCUT2D eigenvalue weighted by Crippen LogP contribution is 2.26. The number of rotatable bonds is 7. The van der Waals surface area contributed by atoms with Crippen molar-refractivity contribution in [2.75, 3.05) is 17.3 Å². The monoisotopic (exact) mass is 269 g/mol. The molecule has 0 aliphatic rings.